The lowest BCUT2D eigenvalue weighted by molar-refractivity contribution is -0.122. The van der Waals surface area contributed by atoms with E-state index in [4.69, 9.17) is 0 Å². The third-order valence-electron chi connectivity index (χ3n) is 3.31. The number of rotatable bonds is 6. The molecule has 0 aromatic heterocycles. The minimum Gasteiger partial charge on any atom is -0.347 e. The van der Waals surface area contributed by atoms with Crippen LogP contribution in [0.25, 0.3) is 0 Å². The van der Waals surface area contributed by atoms with Crippen LogP contribution in [0.1, 0.15) is 38.7 Å². The number of hydrogen-bond acceptors (Lipinski definition) is 2. The molecule has 1 fully saturated rings. The number of amides is 1. The molecule has 0 atom stereocenters. The van der Waals surface area contributed by atoms with Gasteiger partial charge in [-0.2, -0.15) is 0 Å². The van der Waals surface area contributed by atoms with Gasteiger partial charge in [-0.15, -0.1) is 0 Å². The van der Waals surface area contributed by atoms with Crippen molar-refractivity contribution in [3.63, 3.8) is 0 Å². The summed E-state index contributed by atoms with van der Waals surface area (Å²) in [6.07, 6.45) is 3.07. The van der Waals surface area contributed by atoms with Crippen molar-refractivity contribution in [2.45, 2.75) is 44.7 Å². The third-order valence-corrected chi connectivity index (χ3v) is 3.31. The standard InChI is InChI=1S/C15H22N2O/c1-15(2,12-6-4-3-5-7-12)17-14(18)10-11-16-13-8-9-13/h3-7,13,16H,8-11H2,1-2H3,(H,17,18). The fraction of sp³-hybridized carbons (Fsp3) is 0.533. The Kier molecular flexibility index (Phi) is 4.02. The van der Waals surface area contributed by atoms with Gasteiger partial charge in [0.25, 0.3) is 0 Å². The Morgan fingerprint density at radius 3 is 2.56 bits per heavy atom. The van der Waals surface area contributed by atoms with Crippen molar-refractivity contribution in [3.8, 4) is 0 Å². The Hall–Kier alpha value is -1.35. The minimum absolute atomic E-state index is 0.108. The van der Waals surface area contributed by atoms with Crippen molar-refractivity contribution in [1.82, 2.24) is 10.6 Å². The first-order valence-electron chi connectivity index (χ1n) is 6.68. The molecule has 0 aliphatic heterocycles. The van der Waals surface area contributed by atoms with E-state index in [2.05, 4.69) is 10.6 Å². The monoisotopic (exact) mass is 246 g/mol. The number of nitrogens with one attached hydrogen (secondary N) is 2. The maximum Gasteiger partial charge on any atom is 0.221 e. The lowest BCUT2D eigenvalue weighted by atomic mass is 9.94. The summed E-state index contributed by atoms with van der Waals surface area (Å²) in [6, 6.07) is 10.7. The van der Waals surface area contributed by atoms with Crippen LogP contribution in [0.4, 0.5) is 0 Å². The first kappa shape index (κ1) is 13.1. The lowest BCUT2D eigenvalue weighted by Crippen LogP contribution is -2.42. The summed E-state index contributed by atoms with van der Waals surface area (Å²) < 4.78 is 0. The van der Waals surface area contributed by atoms with Gasteiger partial charge in [-0.1, -0.05) is 30.3 Å². The normalized spacial score (nSPS) is 15.4. The maximum atomic E-state index is 11.9. The zero-order valence-electron chi connectivity index (χ0n) is 11.2. The molecule has 0 saturated heterocycles. The molecule has 1 aromatic rings. The molecular weight excluding hydrogens is 224 g/mol. The second-order valence-corrected chi connectivity index (χ2v) is 5.52. The van der Waals surface area contributed by atoms with Crippen LogP contribution in [0.2, 0.25) is 0 Å². The fourth-order valence-electron chi connectivity index (χ4n) is 2.02. The minimum atomic E-state index is -0.308. The van der Waals surface area contributed by atoms with Gasteiger partial charge in [-0.25, -0.2) is 0 Å². The average Bonchev–Trinajstić information content (AvgIpc) is 3.13. The fourth-order valence-corrected chi connectivity index (χ4v) is 2.02. The molecule has 1 amide bonds. The summed E-state index contributed by atoms with van der Waals surface area (Å²) in [5.41, 5.74) is 0.825. The van der Waals surface area contributed by atoms with Crippen LogP contribution >= 0.6 is 0 Å². The molecule has 0 spiro atoms. The lowest BCUT2D eigenvalue weighted by Gasteiger charge is -2.27. The second kappa shape index (κ2) is 5.53. The SMILES string of the molecule is CC(C)(NC(=O)CCNC1CC1)c1ccccc1. The van der Waals surface area contributed by atoms with Gasteiger partial charge in [0.05, 0.1) is 5.54 Å². The molecule has 2 N–H and O–H groups in total. The largest absolute Gasteiger partial charge is 0.347 e. The van der Waals surface area contributed by atoms with E-state index in [-0.39, 0.29) is 11.4 Å². The topological polar surface area (TPSA) is 41.1 Å². The highest BCUT2D eigenvalue weighted by molar-refractivity contribution is 5.77. The van der Waals surface area contributed by atoms with Crippen LogP contribution in [0, 0.1) is 0 Å². The summed E-state index contributed by atoms with van der Waals surface area (Å²) in [4.78, 5) is 11.9. The van der Waals surface area contributed by atoms with E-state index in [9.17, 15) is 4.79 Å². The molecule has 1 aliphatic carbocycles. The predicted molar refractivity (Wildman–Crippen MR) is 73.3 cm³/mol. The molecule has 0 unspecified atom stereocenters. The van der Waals surface area contributed by atoms with E-state index in [1.807, 2.05) is 44.2 Å². The maximum absolute atomic E-state index is 11.9. The van der Waals surface area contributed by atoms with Crippen LogP contribution in [-0.4, -0.2) is 18.5 Å². The number of carbonyl (C=O) groups is 1. The summed E-state index contributed by atoms with van der Waals surface area (Å²) in [5, 5.41) is 6.44. The third kappa shape index (κ3) is 3.84. The summed E-state index contributed by atoms with van der Waals surface area (Å²) in [5.74, 6) is 0.108. The molecule has 0 radical (unpaired) electrons. The zero-order chi connectivity index (χ0) is 13.0. The van der Waals surface area contributed by atoms with Crippen LogP contribution in [-0.2, 0) is 10.3 Å². The van der Waals surface area contributed by atoms with Gasteiger partial charge in [0.1, 0.15) is 0 Å². The van der Waals surface area contributed by atoms with Crippen molar-refractivity contribution >= 4 is 5.91 Å². The molecule has 2 rings (SSSR count). The highest BCUT2D eigenvalue weighted by Crippen LogP contribution is 2.20. The van der Waals surface area contributed by atoms with Crippen molar-refractivity contribution in [2.24, 2.45) is 0 Å². The summed E-state index contributed by atoms with van der Waals surface area (Å²) >= 11 is 0. The predicted octanol–water partition coefficient (Wildman–Crippen LogP) is 2.18. The highest BCUT2D eigenvalue weighted by atomic mass is 16.1. The van der Waals surface area contributed by atoms with E-state index < -0.39 is 0 Å². The van der Waals surface area contributed by atoms with Crippen LogP contribution in [0.5, 0.6) is 0 Å². The van der Waals surface area contributed by atoms with Gasteiger partial charge in [0.15, 0.2) is 0 Å². The molecule has 3 heteroatoms. The Morgan fingerprint density at radius 2 is 1.94 bits per heavy atom. The Bertz CT molecular complexity index is 396. The van der Waals surface area contributed by atoms with Crippen molar-refractivity contribution in [3.05, 3.63) is 35.9 Å². The molecule has 18 heavy (non-hydrogen) atoms. The van der Waals surface area contributed by atoms with E-state index in [0.29, 0.717) is 12.5 Å². The molecular formula is C15H22N2O. The van der Waals surface area contributed by atoms with Crippen molar-refractivity contribution < 1.29 is 4.79 Å². The van der Waals surface area contributed by atoms with Gasteiger partial charge in [-0.3, -0.25) is 4.79 Å². The van der Waals surface area contributed by atoms with Gasteiger partial charge in [-0.05, 0) is 32.3 Å². The molecule has 1 saturated carbocycles. The molecule has 0 bridgehead atoms. The Balaban J connectivity index is 1.81. The van der Waals surface area contributed by atoms with Crippen molar-refractivity contribution in [1.29, 1.82) is 0 Å². The van der Waals surface area contributed by atoms with E-state index >= 15 is 0 Å². The molecule has 0 heterocycles. The highest BCUT2D eigenvalue weighted by Gasteiger charge is 2.23. The van der Waals surface area contributed by atoms with Gasteiger partial charge < -0.3 is 10.6 Å². The van der Waals surface area contributed by atoms with E-state index in [1.54, 1.807) is 0 Å². The number of benzene rings is 1. The number of hydrogen-bond donors (Lipinski definition) is 2. The molecule has 98 valence electrons. The first-order valence-corrected chi connectivity index (χ1v) is 6.68. The summed E-state index contributed by atoms with van der Waals surface area (Å²) in [7, 11) is 0. The second-order valence-electron chi connectivity index (χ2n) is 5.52. The Labute approximate surface area is 109 Å². The molecule has 1 aliphatic rings. The average molecular weight is 246 g/mol. The van der Waals surface area contributed by atoms with Crippen LogP contribution in [0.3, 0.4) is 0 Å². The van der Waals surface area contributed by atoms with Crippen LogP contribution in [0.15, 0.2) is 30.3 Å². The molecule has 3 nitrogen and oxygen atoms in total. The summed E-state index contributed by atoms with van der Waals surface area (Å²) in [6.45, 7) is 4.85. The quantitative estimate of drug-likeness (QED) is 0.807. The van der Waals surface area contributed by atoms with E-state index in [0.717, 1.165) is 12.1 Å². The van der Waals surface area contributed by atoms with Gasteiger partial charge >= 0.3 is 0 Å². The zero-order valence-corrected chi connectivity index (χ0v) is 11.2. The van der Waals surface area contributed by atoms with Crippen LogP contribution < -0.4 is 10.6 Å². The van der Waals surface area contributed by atoms with Gasteiger partial charge in [0.2, 0.25) is 5.91 Å². The van der Waals surface area contributed by atoms with Crippen molar-refractivity contribution in [2.75, 3.05) is 6.54 Å². The van der Waals surface area contributed by atoms with Gasteiger partial charge in [0, 0.05) is 19.0 Å². The molecule has 1 aromatic carbocycles. The first-order chi connectivity index (χ1) is 8.58. The smallest absolute Gasteiger partial charge is 0.221 e. The Morgan fingerprint density at radius 1 is 1.28 bits per heavy atom. The number of carbonyl (C=O) groups excluding carboxylic acids is 1. The van der Waals surface area contributed by atoms with E-state index in [1.165, 1.54) is 12.8 Å².